The molecule has 0 amide bonds. The molecule has 0 aromatic carbocycles. The predicted molar refractivity (Wildman–Crippen MR) is 7.89 cm³/mol. The Balaban J connectivity index is 0. The van der Waals surface area contributed by atoms with Gasteiger partial charge in [0.15, 0.2) is 0 Å². The first-order valence-corrected chi connectivity index (χ1v) is 0. The van der Waals surface area contributed by atoms with Crippen LogP contribution in [0.1, 0.15) is 0 Å². The summed E-state index contributed by atoms with van der Waals surface area (Å²) in [6.07, 6.45) is 0. The zero-order chi connectivity index (χ0) is 0. The van der Waals surface area contributed by atoms with Gasteiger partial charge in [0.1, 0.15) is 0 Å². The quantitative estimate of drug-likeness (QED) is 0.277. The van der Waals surface area contributed by atoms with E-state index in [4.69, 9.17) is 0 Å². The number of hydrogen-bond donors (Lipinski definition) is 0. The van der Waals surface area contributed by atoms with Crippen LogP contribution in [0.4, 0.5) is 0 Å². The molecule has 0 aromatic heterocycles. The standard InChI is InChI=1S/2ClH.Mg.N/h2*1H;;/q;;+2;/p-2. The summed E-state index contributed by atoms with van der Waals surface area (Å²) in [5.41, 5.74) is 0. The van der Waals surface area contributed by atoms with E-state index in [1.54, 1.807) is 0 Å². The van der Waals surface area contributed by atoms with Crippen LogP contribution in [-0.2, 0) is 0 Å². The largest absolute Gasteiger partial charge is 2.00 e. The molecule has 4 heavy (non-hydrogen) atoms. The van der Waals surface area contributed by atoms with Crippen molar-refractivity contribution >= 4 is 23.1 Å². The average Bonchev–Trinajstić information content (AvgIpc) is 0. The summed E-state index contributed by atoms with van der Waals surface area (Å²) in [6.45, 7) is 0. The Hall–Kier alpha value is 1.31. The average molecular weight is 109 g/mol. The number of hydrogen-bond acceptors (Lipinski definition) is 0. The van der Waals surface area contributed by atoms with E-state index < -0.39 is 0 Å². The molecule has 0 bridgehead atoms. The van der Waals surface area contributed by atoms with E-state index in [0.29, 0.717) is 0 Å². The zero-order valence-corrected chi connectivity index (χ0v) is 4.84. The molecule has 0 saturated heterocycles. The van der Waals surface area contributed by atoms with Gasteiger partial charge in [-0.05, 0) is 0 Å². The molecule has 0 heterocycles. The third-order valence-electron chi connectivity index (χ3n) is 0. The van der Waals surface area contributed by atoms with Crippen LogP contribution in [0.5, 0.6) is 0 Å². The van der Waals surface area contributed by atoms with Crippen molar-refractivity contribution in [1.82, 2.24) is 6.15 Å². The monoisotopic (exact) mass is 108 g/mol. The minimum atomic E-state index is 0. The van der Waals surface area contributed by atoms with Gasteiger partial charge in [0.25, 0.3) is 0 Å². The third-order valence-corrected chi connectivity index (χ3v) is 0. The van der Waals surface area contributed by atoms with Crippen molar-refractivity contribution in [2.24, 2.45) is 0 Å². The van der Waals surface area contributed by atoms with E-state index in [0.717, 1.165) is 0 Å². The molecule has 0 unspecified atom stereocenters. The Morgan fingerprint density at radius 2 is 0.750 bits per heavy atom. The number of nitrogens with zero attached hydrogens (tertiary/aromatic N) is 1. The zero-order valence-electron chi connectivity index (χ0n) is 1.91. The summed E-state index contributed by atoms with van der Waals surface area (Å²) in [5, 5.41) is 0. The first kappa shape index (κ1) is 57.7. The van der Waals surface area contributed by atoms with Gasteiger partial charge in [-0.15, -0.1) is 0 Å². The van der Waals surface area contributed by atoms with Gasteiger partial charge in [-0.25, -0.2) is 0 Å². The van der Waals surface area contributed by atoms with Crippen LogP contribution in [0.15, 0.2) is 0 Å². The maximum absolute atomic E-state index is 0. The van der Waals surface area contributed by atoms with Gasteiger partial charge < -0.3 is 24.8 Å². The van der Waals surface area contributed by atoms with Crippen molar-refractivity contribution < 1.29 is 24.8 Å². The second kappa shape index (κ2) is 27.6. The minimum absolute atomic E-state index is 0. The van der Waals surface area contributed by atoms with Crippen molar-refractivity contribution in [3.63, 3.8) is 0 Å². The Labute approximate surface area is 54.1 Å². The SMILES string of the molecule is [Cl-].[Cl-].[Mg+2].[N]. The summed E-state index contributed by atoms with van der Waals surface area (Å²) < 4.78 is 0. The van der Waals surface area contributed by atoms with Gasteiger partial charge in [0.05, 0.1) is 0 Å². The molecule has 0 aliphatic heterocycles. The van der Waals surface area contributed by atoms with E-state index in [-0.39, 0.29) is 54.0 Å². The molecule has 21 valence electrons. The van der Waals surface area contributed by atoms with Gasteiger partial charge in [-0.1, -0.05) is 0 Å². The summed E-state index contributed by atoms with van der Waals surface area (Å²) >= 11 is 0. The molecule has 0 saturated carbocycles. The first-order chi connectivity index (χ1) is 0. The molecule has 0 spiro atoms. The van der Waals surface area contributed by atoms with Gasteiger partial charge in [-0.3, -0.25) is 0 Å². The van der Waals surface area contributed by atoms with Gasteiger partial charge in [-0.2, -0.15) is 0 Å². The molecular weight excluding hydrogens is 109 g/mol. The van der Waals surface area contributed by atoms with E-state index in [2.05, 4.69) is 0 Å². The van der Waals surface area contributed by atoms with Crippen molar-refractivity contribution in [3.8, 4) is 0 Å². The fourth-order valence-electron chi connectivity index (χ4n) is 0. The molecule has 4 heteroatoms. The van der Waals surface area contributed by atoms with E-state index in [1.165, 1.54) is 0 Å². The van der Waals surface area contributed by atoms with Crippen LogP contribution < -0.4 is 31.0 Å². The van der Waals surface area contributed by atoms with Crippen LogP contribution in [0, 0.1) is 0 Å². The summed E-state index contributed by atoms with van der Waals surface area (Å²) in [5.74, 6) is 0. The maximum Gasteiger partial charge on any atom is 2.00 e. The summed E-state index contributed by atoms with van der Waals surface area (Å²) in [7, 11) is 0. The fraction of sp³-hybridized carbons (Fsp3) is 0. The normalized spacial score (nSPS) is 0. The van der Waals surface area contributed by atoms with Gasteiger partial charge >= 0.3 is 23.1 Å². The Morgan fingerprint density at radius 3 is 0.750 bits per heavy atom. The van der Waals surface area contributed by atoms with Crippen molar-refractivity contribution in [3.05, 3.63) is 0 Å². The van der Waals surface area contributed by atoms with E-state index in [9.17, 15) is 0 Å². The minimum Gasteiger partial charge on any atom is -1.00 e. The summed E-state index contributed by atoms with van der Waals surface area (Å²) in [4.78, 5) is 0. The van der Waals surface area contributed by atoms with Crippen molar-refractivity contribution in [2.75, 3.05) is 0 Å². The van der Waals surface area contributed by atoms with Crippen LogP contribution >= 0.6 is 0 Å². The summed E-state index contributed by atoms with van der Waals surface area (Å²) in [6, 6.07) is 0. The molecule has 0 rings (SSSR count). The smallest absolute Gasteiger partial charge is 1.00 e. The van der Waals surface area contributed by atoms with Gasteiger partial charge in [0.2, 0.25) is 0 Å². The van der Waals surface area contributed by atoms with Crippen LogP contribution in [-0.4, -0.2) is 23.1 Å². The third kappa shape index (κ3) is 10.3. The van der Waals surface area contributed by atoms with E-state index in [1.807, 2.05) is 0 Å². The second-order valence-electron chi connectivity index (χ2n) is 0. The van der Waals surface area contributed by atoms with Crippen molar-refractivity contribution in [2.45, 2.75) is 0 Å². The van der Waals surface area contributed by atoms with Crippen molar-refractivity contribution in [1.29, 1.82) is 0 Å². The number of halogens is 2. The Bertz CT molecular complexity index is 6.00. The first-order valence-electron chi connectivity index (χ1n) is 0. The molecule has 1 nitrogen and oxygen atoms in total. The molecular formula is Cl2MgN. The molecule has 0 fully saturated rings. The van der Waals surface area contributed by atoms with Crippen LogP contribution in [0.3, 0.4) is 0 Å². The maximum atomic E-state index is 0. The molecule has 0 aliphatic rings. The van der Waals surface area contributed by atoms with Crippen LogP contribution in [0.25, 0.3) is 0 Å². The fourth-order valence-corrected chi connectivity index (χ4v) is 0. The molecule has 0 aliphatic carbocycles. The van der Waals surface area contributed by atoms with Crippen LogP contribution in [0.2, 0.25) is 0 Å². The predicted octanol–water partition coefficient (Wildman–Crippen LogP) is -6.85. The second-order valence-corrected chi connectivity index (χ2v) is 0. The number of rotatable bonds is 0. The Morgan fingerprint density at radius 1 is 0.750 bits per heavy atom. The van der Waals surface area contributed by atoms with Gasteiger partial charge in [0, 0.05) is 6.15 Å². The molecule has 0 N–H and O–H groups in total. The topological polar surface area (TPSA) is 30.5 Å². The molecule has 0 aromatic rings. The van der Waals surface area contributed by atoms with E-state index >= 15 is 0 Å². The Kier molecular flexibility index (Phi) is 398. The molecule has 0 atom stereocenters. The molecule has 3 radical (unpaired) electrons.